The van der Waals surface area contributed by atoms with Gasteiger partial charge in [0.2, 0.25) is 11.0 Å². The van der Waals surface area contributed by atoms with Crippen LogP contribution in [0, 0.1) is 0 Å². The van der Waals surface area contributed by atoms with E-state index in [1.165, 1.54) is 24.6 Å². The Morgan fingerprint density at radius 1 is 1.21 bits per heavy atom. The van der Waals surface area contributed by atoms with E-state index < -0.39 is 0 Å². The zero-order valence-corrected chi connectivity index (χ0v) is 15.0. The second kappa shape index (κ2) is 7.11. The standard InChI is InChI=1S/C17H20N4OS2/c22-15(18-13-8-9-13)14(12-6-2-1-3-7-12)23-17-20-19-16(24-17)21-10-4-5-11-21/h1-3,6-7,13-14H,4-5,8-11H2,(H,18,22)/t14-/m1/s1. The maximum atomic E-state index is 12.7. The molecule has 1 saturated heterocycles. The zero-order valence-electron chi connectivity index (χ0n) is 13.4. The van der Waals surface area contributed by atoms with Crippen molar-refractivity contribution >= 4 is 34.1 Å². The lowest BCUT2D eigenvalue weighted by Crippen LogP contribution is -2.29. The van der Waals surface area contributed by atoms with E-state index in [-0.39, 0.29) is 11.2 Å². The molecule has 1 aromatic carbocycles. The molecule has 2 fully saturated rings. The number of thioether (sulfide) groups is 1. The fourth-order valence-electron chi connectivity index (χ4n) is 2.79. The summed E-state index contributed by atoms with van der Waals surface area (Å²) in [6.07, 6.45) is 4.63. The van der Waals surface area contributed by atoms with Crippen LogP contribution >= 0.6 is 23.1 Å². The molecule has 1 amide bonds. The third kappa shape index (κ3) is 3.72. The Labute approximate surface area is 149 Å². The van der Waals surface area contributed by atoms with Crippen LogP contribution in [0.15, 0.2) is 34.7 Å². The van der Waals surface area contributed by atoms with Gasteiger partial charge in [-0.05, 0) is 31.2 Å². The number of nitrogens with zero attached hydrogens (tertiary/aromatic N) is 3. The summed E-state index contributed by atoms with van der Waals surface area (Å²) in [5.41, 5.74) is 1.01. The quantitative estimate of drug-likeness (QED) is 0.802. The van der Waals surface area contributed by atoms with E-state index in [4.69, 9.17) is 0 Å². The molecule has 0 spiro atoms. The molecule has 2 aliphatic rings. The largest absolute Gasteiger partial charge is 0.352 e. The third-order valence-electron chi connectivity index (χ3n) is 4.26. The Kier molecular flexibility index (Phi) is 4.71. The maximum absolute atomic E-state index is 12.7. The molecule has 1 aliphatic heterocycles. The molecular weight excluding hydrogens is 340 g/mol. The van der Waals surface area contributed by atoms with Gasteiger partial charge in [-0.1, -0.05) is 53.4 Å². The molecule has 24 heavy (non-hydrogen) atoms. The average Bonchev–Trinajstić information content (AvgIpc) is 3.08. The van der Waals surface area contributed by atoms with Crippen LogP contribution in [0.2, 0.25) is 0 Å². The first-order chi connectivity index (χ1) is 11.8. The lowest BCUT2D eigenvalue weighted by atomic mass is 10.1. The Hall–Kier alpha value is -1.60. The summed E-state index contributed by atoms with van der Waals surface area (Å²) in [5.74, 6) is 0.0756. The SMILES string of the molecule is O=C(NC1CC1)[C@H](Sc1nnc(N2CCCC2)s1)c1ccccc1. The highest BCUT2D eigenvalue weighted by Gasteiger charge is 2.30. The highest BCUT2D eigenvalue weighted by Crippen LogP contribution is 2.39. The summed E-state index contributed by atoms with van der Waals surface area (Å²) >= 11 is 3.10. The fraction of sp³-hybridized carbons (Fsp3) is 0.471. The van der Waals surface area contributed by atoms with Crippen molar-refractivity contribution in [1.82, 2.24) is 15.5 Å². The van der Waals surface area contributed by atoms with E-state index >= 15 is 0 Å². The van der Waals surface area contributed by atoms with Gasteiger partial charge in [0, 0.05) is 19.1 Å². The lowest BCUT2D eigenvalue weighted by Gasteiger charge is -2.15. The van der Waals surface area contributed by atoms with E-state index in [0.717, 1.165) is 41.0 Å². The number of benzene rings is 1. The van der Waals surface area contributed by atoms with E-state index in [1.54, 1.807) is 11.3 Å². The van der Waals surface area contributed by atoms with Crippen LogP contribution in [0.4, 0.5) is 5.13 Å². The molecule has 1 N–H and O–H groups in total. The topological polar surface area (TPSA) is 58.1 Å². The summed E-state index contributed by atoms with van der Waals surface area (Å²) in [6, 6.07) is 10.3. The smallest absolute Gasteiger partial charge is 0.238 e. The van der Waals surface area contributed by atoms with Gasteiger partial charge in [-0.2, -0.15) is 0 Å². The molecule has 126 valence electrons. The van der Waals surface area contributed by atoms with Crippen molar-refractivity contribution < 1.29 is 4.79 Å². The minimum Gasteiger partial charge on any atom is -0.352 e. The monoisotopic (exact) mass is 360 g/mol. The highest BCUT2D eigenvalue weighted by molar-refractivity contribution is 8.01. The number of hydrogen-bond acceptors (Lipinski definition) is 6. The van der Waals surface area contributed by atoms with Crippen molar-refractivity contribution in [3.8, 4) is 0 Å². The Morgan fingerprint density at radius 2 is 1.96 bits per heavy atom. The molecule has 0 radical (unpaired) electrons. The molecule has 5 nitrogen and oxygen atoms in total. The van der Waals surface area contributed by atoms with Gasteiger partial charge in [0.25, 0.3) is 0 Å². The molecule has 1 aromatic heterocycles. The molecule has 4 rings (SSSR count). The first-order valence-corrected chi connectivity index (χ1v) is 10.1. The average molecular weight is 361 g/mol. The molecule has 1 aliphatic carbocycles. The van der Waals surface area contributed by atoms with Crippen LogP contribution in [0.1, 0.15) is 36.5 Å². The van der Waals surface area contributed by atoms with Gasteiger partial charge < -0.3 is 10.2 Å². The number of amides is 1. The normalized spacial score (nSPS) is 18.6. The molecule has 0 bridgehead atoms. The summed E-state index contributed by atoms with van der Waals surface area (Å²) in [5, 5.41) is 12.5. The summed E-state index contributed by atoms with van der Waals surface area (Å²) in [7, 11) is 0. The number of nitrogens with one attached hydrogen (secondary N) is 1. The van der Waals surface area contributed by atoms with Crippen LogP contribution in [0.5, 0.6) is 0 Å². The number of aromatic nitrogens is 2. The zero-order chi connectivity index (χ0) is 16.4. The van der Waals surface area contributed by atoms with Crippen molar-refractivity contribution in [2.24, 2.45) is 0 Å². The molecule has 2 aromatic rings. The summed E-state index contributed by atoms with van der Waals surface area (Å²) in [6.45, 7) is 2.12. The van der Waals surface area contributed by atoms with Gasteiger partial charge >= 0.3 is 0 Å². The first-order valence-electron chi connectivity index (χ1n) is 8.40. The van der Waals surface area contributed by atoms with Gasteiger partial charge in [-0.3, -0.25) is 4.79 Å². The van der Waals surface area contributed by atoms with Crippen molar-refractivity contribution in [2.75, 3.05) is 18.0 Å². The highest BCUT2D eigenvalue weighted by atomic mass is 32.2. The minimum absolute atomic E-state index is 0.0756. The third-order valence-corrected chi connectivity index (χ3v) is 6.58. The van der Waals surface area contributed by atoms with Gasteiger partial charge in [-0.25, -0.2) is 0 Å². The van der Waals surface area contributed by atoms with Gasteiger partial charge in [0.1, 0.15) is 5.25 Å². The minimum atomic E-state index is -0.272. The number of rotatable bonds is 6. The molecular formula is C17H20N4OS2. The van der Waals surface area contributed by atoms with Crippen LogP contribution < -0.4 is 10.2 Å². The van der Waals surface area contributed by atoms with Crippen LogP contribution in [0.3, 0.4) is 0 Å². The Bertz CT molecular complexity index is 696. The van der Waals surface area contributed by atoms with Crippen LogP contribution in [-0.2, 0) is 4.79 Å². The molecule has 1 saturated carbocycles. The number of carbonyl (C=O) groups excluding carboxylic acids is 1. The molecule has 1 atom stereocenters. The van der Waals surface area contributed by atoms with E-state index in [9.17, 15) is 4.79 Å². The van der Waals surface area contributed by atoms with E-state index in [1.807, 2.05) is 30.3 Å². The number of anilines is 1. The second-order valence-electron chi connectivity index (χ2n) is 6.24. The summed E-state index contributed by atoms with van der Waals surface area (Å²) < 4.78 is 0.858. The van der Waals surface area contributed by atoms with Crippen molar-refractivity contribution in [3.05, 3.63) is 35.9 Å². The number of carbonyl (C=O) groups is 1. The maximum Gasteiger partial charge on any atom is 0.238 e. The lowest BCUT2D eigenvalue weighted by molar-refractivity contribution is -0.120. The van der Waals surface area contributed by atoms with E-state index in [0.29, 0.717) is 6.04 Å². The van der Waals surface area contributed by atoms with Gasteiger partial charge in [-0.15, -0.1) is 10.2 Å². The fourth-order valence-corrected chi connectivity index (χ4v) is 4.89. The molecule has 2 heterocycles. The number of hydrogen-bond donors (Lipinski definition) is 1. The van der Waals surface area contributed by atoms with Gasteiger partial charge in [0.15, 0.2) is 4.34 Å². The Morgan fingerprint density at radius 3 is 2.67 bits per heavy atom. The van der Waals surface area contributed by atoms with Crippen molar-refractivity contribution in [1.29, 1.82) is 0 Å². The van der Waals surface area contributed by atoms with Crippen molar-refractivity contribution in [2.45, 2.75) is 41.3 Å². The van der Waals surface area contributed by atoms with E-state index in [2.05, 4.69) is 20.4 Å². The first kappa shape index (κ1) is 15.9. The second-order valence-corrected chi connectivity index (χ2v) is 8.54. The Balaban J connectivity index is 1.51. The van der Waals surface area contributed by atoms with Crippen LogP contribution in [-0.4, -0.2) is 35.2 Å². The van der Waals surface area contributed by atoms with Crippen LogP contribution in [0.25, 0.3) is 0 Å². The predicted octanol–water partition coefficient (Wildman–Crippen LogP) is 3.25. The van der Waals surface area contributed by atoms with Crippen molar-refractivity contribution in [3.63, 3.8) is 0 Å². The predicted molar refractivity (Wildman–Crippen MR) is 97.6 cm³/mol. The van der Waals surface area contributed by atoms with Gasteiger partial charge in [0.05, 0.1) is 0 Å². The molecule has 0 unspecified atom stereocenters. The molecule has 7 heteroatoms. The summed E-state index contributed by atoms with van der Waals surface area (Å²) in [4.78, 5) is 15.0.